The van der Waals surface area contributed by atoms with Crippen LogP contribution in [0.5, 0.6) is 0 Å². The van der Waals surface area contributed by atoms with Crippen molar-refractivity contribution in [2.45, 2.75) is 56.5 Å². The minimum Gasteiger partial charge on any atom is -0.363 e. The van der Waals surface area contributed by atoms with E-state index in [4.69, 9.17) is 4.74 Å². The molecule has 2 atom stereocenters. The van der Waals surface area contributed by atoms with E-state index in [1.165, 1.54) is 0 Å². The molecule has 0 bridgehead atoms. The predicted octanol–water partition coefficient (Wildman–Crippen LogP) is 0.789. The summed E-state index contributed by atoms with van der Waals surface area (Å²) in [6.07, 6.45) is 4.47. The lowest BCUT2D eigenvalue weighted by atomic mass is 9.82. The maximum absolute atomic E-state index is 9.68. The van der Waals surface area contributed by atoms with E-state index in [9.17, 15) is 10.2 Å². The molecule has 3 heteroatoms. The first kappa shape index (κ1) is 8.48. The van der Waals surface area contributed by atoms with Gasteiger partial charge in [-0.1, -0.05) is 19.8 Å². The van der Waals surface area contributed by atoms with Crippen LogP contribution in [0.15, 0.2) is 0 Å². The first-order chi connectivity index (χ1) is 5.62. The molecule has 2 N–H and O–H groups in total. The van der Waals surface area contributed by atoms with Gasteiger partial charge >= 0.3 is 0 Å². The zero-order chi connectivity index (χ0) is 8.82. The van der Waals surface area contributed by atoms with E-state index in [0.29, 0.717) is 6.42 Å². The Hall–Kier alpha value is -0.120. The minimum atomic E-state index is -1.60. The van der Waals surface area contributed by atoms with E-state index in [1.807, 2.05) is 0 Å². The van der Waals surface area contributed by atoms with E-state index in [0.717, 1.165) is 25.7 Å². The van der Waals surface area contributed by atoms with E-state index < -0.39 is 11.4 Å². The summed E-state index contributed by atoms with van der Waals surface area (Å²) >= 11 is 0. The van der Waals surface area contributed by atoms with Gasteiger partial charge in [0.25, 0.3) is 0 Å². The molecule has 0 aromatic carbocycles. The van der Waals surface area contributed by atoms with Gasteiger partial charge in [-0.2, -0.15) is 0 Å². The highest BCUT2D eigenvalue weighted by atomic mass is 16.7. The summed E-state index contributed by atoms with van der Waals surface area (Å²) in [5, 5.41) is 19.4. The second-order valence-electron chi connectivity index (χ2n) is 3.91. The maximum atomic E-state index is 9.68. The molecule has 3 nitrogen and oxygen atoms in total. The van der Waals surface area contributed by atoms with Crippen molar-refractivity contribution in [3.63, 3.8) is 0 Å². The van der Waals surface area contributed by atoms with Crippen LogP contribution in [-0.2, 0) is 4.74 Å². The summed E-state index contributed by atoms with van der Waals surface area (Å²) in [6.45, 7) is 1.78. The summed E-state index contributed by atoms with van der Waals surface area (Å²) in [7, 11) is 0. The highest BCUT2D eigenvalue weighted by molar-refractivity contribution is 5.12. The van der Waals surface area contributed by atoms with Crippen LogP contribution in [0.3, 0.4) is 0 Å². The second kappa shape index (κ2) is 2.44. The lowest BCUT2D eigenvalue weighted by Gasteiger charge is -2.30. The van der Waals surface area contributed by atoms with E-state index in [2.05, 4.69) is 0 Å². The van der Waals surface area contributed by atoms with Gasteiger partial charge in [0.15, 0.2) is 5.79 Å². The maximum Gasteiger partial charge on any atom is 0.194 e. The Kier molecular flexibility index (Phi) is 1.72. The lowest BCUT2D eigenvalue weighted by Crippen LogP contribution is -2.47. The van der Waals surface area contributed by atoms with Gasteiger partial charge in [-0.05, 0) is 12.8 Å². The van der Waals surface area contributed by atoms with Crippen LogP contribution in [0.4, 0.5) is 0 Å². The summed E-state index contributed by atoms with van der Waals surface area (Å²) in [5.74, 6) is -1.60. The number of epoxide rings is 1. The average Bonchev–Trinajstić information content (AvgIpc) is 2.79. The van der Waals surface area contributed by atoms with Crippen molar-refractivity contribution < 1.29 is 14.9 Å². The summed E-state index contributed by atoms with van der Waals surface area (Å²) in [4.78, 5) is 0. The molecule has 1 heterocycles. The van der Waals surface area contributed by atoms with Crippen molar-refractivity contribution >= 4 is 0 Å². The molecule has 0 spiro atoms. The Morgan fingerprint density at radius 2 is 2.25 bits per heavy atom. The van der Waals surface area contributed by atoms with Gasteiger partial charge in [0.2, 0.25) is 0 Å². The largest absolute Gasteiger partial charge is 0.363 e. The van der Waals surface area contributed by atoms with Crippen LogP contribution in [0.2, 0.25) is 0 Å². The van der Waals surface area contributed by atoms with Crippen molar-refractivity contribution in [3.05, 3.63) is 0 Å². The van der Waals surface area contributed by atoms with E-state index in [1.54, 1.807) is 6.92 Å². The monoisotopic (exact) mass is 172 g/mol. The summed E-state index contributed by atoms with van der Waals surface area (Å²) in [5.41, 5.74) is -0.597. The standard InChI is InChI=1S/C9H16O3/c1-2-9(10,11)8-6-4-3-5-7(8)12-8/h7,10-11H,2-6H2,1H3. The molecular weight excluding hydrogens is 156 g/mol. The van der Waals surface area contributed by atoms with Crippen LogP contribution in [-0.4, -0.2) is 27.7 Å². The highest BCUT2D eigenvalue weighted by Gasteiger charge is 2.68. The van der Waals surface area contributed by atoms with Gasteiger partial charge in [0, 0.05) is 6.42 Å². The number of aliphatic hydroxyl groups is 2. The third-order valence-electron chi connectivity index (χ3n) is 3.25. The second-order valence-corrected chi connectivity index (χ2v) is 3.91. The van der Waals surface area contributed by atoms with Crippen molar-refractivity contribution in [2.75, 3.05) is 0 Å². The molecule has 1 saturated heterocycles. The topological polar surface area (TPSA) is 53.0 Å². The molecule has 2 unspecified atom stereocenters. The van der Waals surface area contributed by atoms with E-state index >= 15 is 0 Å². The number of fused-ring (bicyclic) bond motifs is 1. The molecular formula is C9H16O3. The van der Waals surface area contributed by atoms with Crippen LogP contribution >= 0.6 is 0 Å². The molecule has 2 aliphatic rings. The van der Waals surface area contributed by atoms with Crippen LogP contribution in [0, 0.1) is 0 Å². The number of hydrogen-bond acceptors (Lipinski definition) is 3. The number of rotatable bonds is 2. The van der Waals surface area contributed by atoms with Crippen molar-refractivity contribution in [1.82, 2.24) is 0 Å². The molecule has 1 aliphatic heterocycles. The van der Waals surface area contributed by atoms with Gasteiger partial charge in [-0.3, -0.25) is 0 Å². The summed E-state index contributed by atoms with van der Waals surface area (Å²) < 4.78 is 5.42. The zero-order valence-electron chi connectivity index (χ0n) is 7.42. The number of ether oxygens (including phenoxy) is 1. The summed E-state index contributed by atoms with van der Waals surface area (Å²) in [6, 6.07) is 0. The minimum absolute atomic E-state index is 0.112. The van der Waals surface area contributed by atoms with Crippen molar-refractivity contribution in [1.29, 1.82) is 0 Å². The fourth-order valence-electron chi connectivity index (χ4n) is 2.30. The van der Waals surface area contributed by atoms with Gasteiger partial charge in [-0.25, -0.2) is 0 Å². The van der Waals surface area contributed by atoms with Gasteiger partial charge in [0.1, 0.15) is 5.60 Å². The molecule has 0 aromatic heterocycles. The molecule has 0 aromatic rings. The SMILES string of the molecule is CCC(O)(O)C12CCCCC1O2. The Morgan fingerprint density at radius 3 is 2.83 bits per heavy atom. The predicted molar refractivity (Wildman–Crippen MR) is 43.5 cm³/mol. The Labute approximate surface area is 72.3 Å². The van der Waals surface area contributed by atoms with Gasteiger partial charge in [0.05, 0.1) is 6.10 Å². The van der Waals surface area contributed by atoms with Crippen molar-refractivity contribution in [2.24, 2.45) is 0 Å². The third-order valence-corrected chi connectivity index (χ3v) is 3.25. The molecule has 1 saturated carbocycles. The molecule has 2 rings (SSSR count). The normalized spacial score (nSPS) is 40.8. The van der Waals surface area contributed by atoms with Crippen LogP contribution < -0.4 is 0 Å². The van der Waals surface area contributed by atoms with E-state index in [-0.39, 0.29) is 6.10 Å². The fourth-order valence-corrected chi connectivity index (χ4v) is 2.30. The van der Waals surface area contributed by atoms with Gasteiger partial charge < -0.3 is 14.9 Å². The quantitative estimate of drug-likeness (QED) is 0.478. The zero-order valence-corrected chi connectivity index (χ0v) is 7.42. The Balaban J connectivity index is 2.12. The number of hydrogen-bond donors (Lipinski definition) is 2. The molecule has 70 valence electrons. The molecule has 0 radical (unpaired) electrons. The molecule has 1 aliphatic carbocycles. The third kappa shape index (κ3) is 0.934. The fraction of sp³-hybridized carbons (Fsp3) is 1.00. The van der Waals surface area contributed by atoms with Gasteiger partial charge in [-0.15, -0.1) is 0 Å². The highest BCUT2D eigenvalue weighted by Crippen LogP contribution is 2.54. The lowest BCUT2D eigenvalue weighted by molar-refractivity contribution is -0.212. The molecule has 0 amide bonds. The Bertz CT molecular complexity index is 190. The first-order valence-electron chi connectivity index (χ1n) is 4.75. The first-order valence-corrected chi connectivity index (χ1v) is 4.75. The average molecular weight is 172 g/mol. The van der Waals surface area contributed by atoms with Crippen LogP contribution in [0.1, 0.15) is 39.0 Å². The Morgan fingerprint density at radius 1 is 1.50 bits per heavy atom. The van der Waals surface area contributed by atoms with Crippen LogP contribution in [0.25, 0.3) is 0 Å². The molecule has 12 heavy (non-hydrogen) atoms. The molecule has 2 fully saturated rings. The van der Waals surface area contributed by atoms with Crippen molar-refractivity contribution in [3.8, 4) is 0 Å². The smallest absolute Gasteiger partial charge is 0.194 e.